The van der Waals surface area contributed by atoms with Crippen molar-refractivity contribution in [2.24, 2.45) is 16.6 Å². The molecule has 1 aliphatic carbocycles. The van der Waals surface area contributed by atoms with Crippen LogP contribution < -0.4 is 20.7 Å². The van der Waals surface area contributed by atoms with Crippen molar-refractivity contribution in [3.8, 4) is 11.5 Å². The molecule has 1 aliphatic heterocycles. The summed E-state index contributed by atoms with van der Waals surface area (Å²) in [6.45, 7) is 0. The Kier molecular flexibility index (Phi) is 6.67. The normalized spacial score (nSPS) is 20.6. The summed E-state index contributed by atoms with van der Waals surface area (Å²) >= 11 is 6.36. The Morgan fingerprint density at radius 3 is 2.46 bits per heavy atom. The number of nitrogens with one attached hydrogen (secondary N) is 1. The van der Waals surface area contributed by atoms with E-state index >= 15 is 4.39 Å². The highest BCUT2D eigenvalue weighted by molar-refractivity contribution is 6.34. The van der Waals surface area contributed by atoms with Crippen LogP contribution in [-0.4, -0.2) is 35.4 Å². The molecule has 0 radical (unpaired) electrons. The van der Waals surface area contributed by atoms with Crippen LogP contribution in [0.25, 0.3) is 0 Å². The number of para-hydroxylation sites is 2. The summed E-state index contributed by atoms with van der Waals surface area (Å²) in [7, 11) is 0. The first-order valence-corrected chi connectivity index (χ1v) is 12.1. The van der Waals surface area contributed by atoms with Gasteiger partial charge < -0.3 is 20.7 Å². The number of amides is 2. The molecule has 2 aromatic carbocycles. The van der Waals surface area contributed by atoms with E-state index < -0.39 is 40.8 Å². The molecule has 2 heterocycles. The number of carbonyl (C=O) groups is 2. The van der Waals surface area contributed by atoms with Crippen molar-refractivity contribution in [3.63, 3.8) is 0 Å². The number of carbonyl (C=O) groups excluding carboxylic acids is 2. The number of anilines is 2. The molecule has 1 saturated carbocycles. The molecular weight excluding hydrogens is 542 g/mol. The number of benzene rings is 2. The number of hydrogen-bond donors (Lipinski definition) is 2. The second-order valence-electron chi connectivity index (χ2n) is 9.02. The Hall–Kier alpha value is -4.19. The Morgan fingerprint density at radius 1 is 1.10 bits per heavy atom. The fraction of sp³-hybridized carbons (Fsp3) is 0.231. The Labute approximate surface area is 224 Å². The van der Waals surface area contributed by atoms with Crippen LogP contribution in [0.1, 0.15) is 18.4 Å². The minimum atomic E-state index is -5.06. The average Bonchev–Trinajstić information content (AvgIpc) is 3.66. The highest BCUT2D eigenvalue weighted by Gasteiger charge is 2.64. The number of halogens is 5. The summed E-state index contributed by atoms with van der Waals surface area (Å²) in [5.74, 6) is -4.11. The van der Waals surface area contributed by atoms with Crippen LogP contribution in [0, 0.1) is 11.7 Å². The van der Waals surface area contributed by atoms with E-state index in [0.717, 1.165) is 29.4 Å². The molecule has 2 atom stereocenters. The molecule has 3 N–H and O–H groups in total. The van der Waals surface area contributed by atoms with Crippen molar-refractivity contribution in [3.05, 3.63) is 77.2 Å². The largest absolute Gasteiger partial charge is 0.452 e. The molecule has 0 saturated heterocycles. The standard InChI is InChI=1S/C26H20ClF4N5O3/c27-19-18(11-12-33-21(19)35-22(37)14-9-10-14)39-20-16(7-4-8-17(20)28)25(24(32)38)23(26(29,30)31)36(13-34-25)15-5-2-1-3-6-15/h1-8,11-14,23H,9-10H2,(H2,32,38)(H,33,35,37). The maximum Gasteiger partial charge on any atom is 0.412 e. The minimum absolute atomic E-state index is 0.0733. The fourth-order valence-electron chi connectivity index (χ4n) is 4.43. The molecule has 2 amide bonds. The Balaban J connectivity index is 1.61. The van der Waals surface area contributed by atoms with Crippen LogP contribution in [0.5, 0.6) is 11.5 Å². The Morgan fingerprint density at radius 2 is 1.82 bits per heavy atom. The molecular formula is C26H20ClF4N5O3. The number of alkyl halides is 3. The number of rotatable bonds is 7. The summed E-state index contributed by atoms with van der Waals surface area (Å²) in [6.07, 6.45) is -1.56. The molecule has 13 heteroatoms. The zero-order chi connectivity index (χ0) is 27.9. The molecule has 202 valence electrons. The number of ether oxygens (including phenoxy) is 1. The van der Waals surface area contributed by atoms with Gasteiger partial charge in [0.05, 0.1) is 6.34 Å². The Bertz CT molecular complexity index is 1470. The van der Waals surface area contributed by atoms with Crippen LogP contribution in [0.4, 0.5) is 29.1 Å². The first-order chi connectivity index (χ1) is 18.5. The maximum absolute atomic E-state index is 15.3. The van der Waals surface area contributed by atoms with Gasteiger partial charge in [0.15, 0.2) is 34.7 Å². The van der Waals surface area contributed by atoms with Crippen molar-refractivity contribution in [2.45, 2.75) is 30.6 Å². The number of nitrogens with zero attached hydrogens (tertiary/aromatic N) is 3. The van der Waals surface area contributed by atoms with Gasteiger partial charge in [-0.05, 0) is 31.0 Å². The van der Waals surface area contributed by atoms with Gasteiger partial charge in [0.25, 0.3) is 5.91 Å². The zero-order valence-electron chi connectivity index (χ0n) is 20.0. The lowest BCUT2D eigenvalue weighted by atomic mass is 9.81. The predicted octanol–water partition coefficient (Wildman–Crippen LogP) is 5.17. The summed E-state index contributed by atoms with van der Waals surface area (Å²) in [5.41, 5.74) is 2.30. The van der Waals surface area contributed by atoms with Crippen molar-refractivity contribution in [1.82, 2.24) is 4.98 Å². The summed E-state index contributed by atoms with van der Waals surface area (Å²) in [6, 6.07) is 9.19. The summed E-state index contributed by atoms with van der Waals surface area (Å²) in [5, 5.41) is 2.33. The smallest absolute Gasteiger partial charge is 0.412 e. The van der Waals surface area contributed by atoms with E-state index in [0.29, 0.717) is 12.8 Å². The van der Waals surface area contributed by atoms with Crippen LogP contribution in [0.3, 0.4) is 0 Å². The van der Waals surface area contributed by atoms with Crippen molar-refractivity contribution in [1.29, 1.82) is 0 Å². The minimum Gasteiger partial charge on any atom is -0.452 e. The first kappa shape index (κ1) is 26.4. The molecule has 2 aliphatic rings. The second-order valence-corrected chi connectivity index (χ2v) is 9.39. The number of hydrogen-bond acceptors (Lipinski definition) is 6. The third-order valence-electron chi connectivity index (χ3n) is 6.43. The fourth-order valence-corrected chi connectivity index (χ4v) is 4.63. The van der Waals surface area contributed by atoms with Crippen molar-refractivity contribution < 1.29 is 31.9 Å². The van der Waals surface area contributed by atoms with E-state index in [9.17, 15) is 22.8 Å². The number of aromatic nitrogens is 1. The third kappa shape index (κ3) is 4.76. The SMILES string of the molecule is NC(=O)C1(c2cccc(F)c2Oc2ccnc(NC(=O)C3CC3)c2Cl)N=CN(c2ccccc2)C1C(F)(F)F. The van der Waals surface area contributed by atoms with E-state index in [-0.39, 0.29) is 34.1 Å². The number of pyridine rings is 1. The van der Waals surface area contributed by atoms with Gasteiger partial charge in [-0.1, -0.05) is 41.9 Å². The highest BCUT2D eigenvalue weighted by atomic mass is 35.5. The monoisotopic (exact) mass is 561 g/mol. The lowest BCUT2D eigenvalue weighted by Crippen LogP contribution is -2.59. The predicted molar refractivity (Wildman–Crippen MR) is 135 cm³/mol. The molecule has 1 aromatic heterocycles. The van der Waals surface area contributed by atoms with Crippen molar-refractivity contribution >= 4 is 41.3 Å². The maximum atomic E-state index is 15.3. The van der Waals surface area contributed by atoms with Gasteiger partial charge in [0.1, 0.15) is 5.02 Å². The van der Waals surface area contributed by atoms with E-state index in [1.807, 2.05) is 0 Å². The van der Waals surface area contributed by atoms with E-state index in [1.54, 1.807) is 6.07 Å². The molecule has 39 heavy (non-hydrogen) atoms. The number of primary amides is 1. The van der Waals surface area contributed by atoms with Gasteiger partial charge in [-0.15, -0.1) is 0 Å². The molecule has 0 spiro atoms. The topological polar surface area (TPSA) is 110 Å². The number of aliphatic imine (C=N–C) groups is 1. The average molecular weight is 562 g/mol. The van der Waals surface area contributed by atoms with Gasteiger partial charge in [0, 0.05) is 29.4 Å². The lowest BCUT2D eigenvalue weighted by molar-refractivity contribution is -0.165. The molecule has 2 unspecified atom stereocenters. The first-order valence-electron chi connectivity index (χ1n) is 11.7. The molecule has 3 aromatic rings. The molecule has 1 fully saturated rings. The van der Waals surface area contributed by atoms with Crippen LogP contribution in [0.15, 0.2) is 65.8 Å². The van der Waals surface area contributed by atoms with E-state index in [2.05, 4.69) is 15.3 Å². The van der Waals surface area contributed by atoms with Gasteiger partial charge >= 0.3 is 6.18 Å². The van der Waals surface area contributed by atoms with Crippen LogP contribution in [-0.2, 0) is 15.1 Å². The highest BCUT2D eigenvalue weighted by Crippen LogP contribution is 2.50. The molecule has 0 bridgehead atoms. The van der Waals surface area contributed by atoms with Crippen molar-refractivity contribution in [2.75, 3.05) is 10.2 Å². The second kappa shape index (κ2) is 9.84. The van der Waals surface area contributed by atoms with Gasteiger partial charge in [-0.3, -0.25) is 14.6 Å². The van der Waals surface area contributed by atoms with Gasteiger partial charge in [-0.2, -0.15) is 13.2 Å². The van der Waals surface area contributed by atoms with Gasteiger partial charge in [0.2, 0.25) is 5.91 Å². The summed E-state index contributed by atoms with van der Waals surface area (Å²) < 4.78 is 65.0. The van der Waals surface area contributed by atoms with E-state index in [1.165, 1.54) is 36.5 Å². The lowest BCUT2D eigenvalue weighted by Gasteiger charge is -2.37. The summed E-state index contributed by atoms with van der Waals surface area (Å²) in [4.78, 5) is 33.8. The van der Waals surface area contributed by atoms with Crippen LogP contribution >= 0.6 is 11.6 Å². The molecule has 8 nitrogen and oxygen atoms in total. The van der Waals surface area contributed by atoms with E-state index in [4.69, 9.17) is 22.1 Å². The van der Waals surface area contributed by atoms with Gasteiger partial charge in [-0.25, -0.2) is 9.37 Å². The third-order valence-corrected chi connectivity index (χ3v) is 6.80. The quantitative estimate of drug-likeness (QED) is 0.387. The zero-order valence-corrected chi connectivity index (χ0v) is 20.7. The molecule has 5 rings (SSSR count). The number of nitrogens with two attached hydrogens (primary N) is 1. The van der Waals surface area contributed by atoms with Crippen LogP contribution in [0.2, 0.25) is 5.02 Å².